The molecule has 0 N–H and O–H groups in total. The van der Waals surface area contributed by atoms with E-state index in [0.717, 1.165) is 0 Å². The number of carbonyl (C=O) groups is 1. The highest BCUT2D eigenvalue weighted by atomic mass is 19.4. The van der Waals surface area contributed by atoms with Crippen LogP contribution in [0.25, 0.3) is 11.3 Å². The highest BCUT2D eigenvalue weighted by molar-refractivity contribution is 5.95. The number of carbonyl (C=O) groups excluding carboxylic acids is 1. The minimum Gasteiger partial charge on any atom is -0.473 e. The molecule has 1 aromatic carbocycles. The molecule has 152 valence electrons. The zero-order valence-corrected chi connectivity index (χ0v) is 15.3. The average Bonchev–Trinajstić information content (AvgIpc) is 3.05. The van der Waals surface area contributed by atoms with E-state index in [4.69, 9.17) is 9.26 Å². The molecule has 0 aliphatic rings. The predicted octanol–water partition coefficient (Wildman–Crippen LogP) is 5.29. The number of aromatic nitrogens is 2. The van der Waals surface area contributed by atoms with Crippen molar-refractivity contribution in [2.24, 2.45) is 0 Å². The molecule has 0 bridgehead atoms. The lowest BCUT2D eigenvalue weighted by Crippen LogP contribution is -2.11. The first-order chi connectivity index (χ1) is 13.7. The molecule has 2 heterocycles. The molecule has 2 aromatic heterocycles. The quantitative estimate of drug-likeness (QED) is 0.393. The number of hydrogen-bond acceptors (Lipinski definition) is 5. The lowest BCUT2D eigenvalue weighted by atomic mass is 10.1. The number of aryl methyl sites for hydroxylation is 1. The summed E-state index contributed by atoms with van der Waals surface area (Å²) >= 11 is 0. The minimum atomic E-state index is -4.39. The van der Waals surface area contributed by atoms with Gasteiger partial charge in [0.15, 0.2) is 5.78 Å². The Labute approximate surface area is 163 Å². The minimum absolute atomic E-state index is 0.0234. The summed E-state index contributed by atoms with van der Waals surface area (Å²) in [5, 5.41) is 3.94. The Balaban J connectivity index is 1.67. The number of benzene rings is 1. The summed E-state index contributed by atoms with van der Waals surface area (Å²) in [5.41, 5.74) is 1.63. The van der Waals surface area contributed by atoms with Gasteiger partial charge in [-0.3, -0.25) is 4.79 Å². The van der Waals surface area contributed by atoms with Crippen LogP contribution in [0.2, 0.25) is 0 Å². The van der Waals surface area contributed by atoms with Gasteiger partial charge in [0, 0.05) is 29.8 Å². The van der Waals surface area contributed by atoms with Crippen LogP contribution >= 0.6 is 0 Å². The van der Waals surface area contributed by atoms with Crippen LogP contribution in [0.15, 0.2) is 47.1 Å². The number of halogens is 4. The molecule has 0 saturated carbocycles. The maximum absolute atomic E-state index is 13.5. The number of Topliss-reactive ketones (excluding diaryl/α,β-unsaturated/α-hetero) is 1. The van der Waals surface area contributed by atoms with Crippen LogP contribution in [0.1, 0.15) is 34.5 Å². The smallest absolute Gasteiger partial charge is 0.389 e. The first-order valence-electron chi connectivity index (χ1n) is 8.63. The Morgan fingerprint density at radius 3 is 2.66 bits per heavy atom. The molecule has 9 heteroatoms. The monoisotopic (exact) mass is 408 g/mol. The van der Waals surface area contributed by atoms with Gasteiger partial charge in [-0.05, 0) is 25.1 Å². The molecule has 0 spiro atoms. The normalized spacial score (nSPS) is 11.5. The Morgan fingerprint density at radius 2 is 2.00 bits per heavy atom. The van der Waals surface area contributed by atoms with Gasteiger partial charge >= 0.3 is 6.18 Å². The summed E-state index contributed by atoms with van der Waals surface area (Å²) in [6, 6.07) is 8.62. The van der Waals surface area contributed by atoms with Gasteiger partial charge in [0.05, 0.1) is 12.0 Å². The molecule has 0 amide bonds. The zero-order chi connectivity index (χ0) is 21.0. The fourth-order valence-corrected chi connectivity index (χ4v) is 2.60. The first kappa shape index (κ1) is 20.5. The van der Waals surface area contributed by atoms with E-state index in [2.05, 4.69) is 10.1 Å². The van der Waals surface area contributed by atoms with Crippen molar-refractivity contribution in [2.45, 2.75) is 32.5 Å². The van der Waals surface area contributed by atoms with E-state index in [-0.39, 0.29) is 18.1 Å². The predicted molar refractivity (Wildman–Crippen MR) is 94.8 cm³/mol. The largest absolute Gasteiger partial charge is 0.473 e. The van der Waals surface area contributed by atoms with E-state index < -0.39 is 30.6 Å². The van der Waals surface area contributed by atoms with Gasteiger partial charge in [-0.2, -0.15) is 13.2 Å². The number of hydrogen-bond donors (Lipinski definition) is 0. The number of ether oxygens (including phenoxy) is 1. The van der Waals surface area contributed by atoms with Crippen molar-refractivity contribution >= 4 is 5.78 Å². The summed E-state index contributed by atoms with van der Waals surface area (Å²) < 4.78 is 60.9. The standard InChI is InChI=1S/C20H16F4N2O3/c1-12-16(19(26-29-12)13-3-2-4-15(21)9-13)11-28-18-6-5-14(10-25-18)17(27)7-8-20(22,23)24/h2-6,9-10H,7-8,11H2,1H3. The second-order valence-corrected chi connectivity index (χ2v) is 6.29. The number of nitrogens with zero attached hydrogens (tertiary/aromatic N) is 2. The van der Waals surface area contributed by atoms with Gasteiger partial charge in [-0.15, -0.1) is 0 Å². The fraction of sp³-hybridized carbons (Fsp3) is 0.250. The van der Waals surface area contributed by atoms with Crippen molar-refractivity contribution < 1.29 is 31.6 Å². The lowest BCUT2D eigenvalue weighted by Gasteiger charge is -2.08. The topological polar surface area (TPSA) is 65.2 Å². The third kappa shape index (κ3) is 5.40. The van der Waals surface area contributed by atoms with E-state index in [1.807, 2.05) is 0 Å². The summed E-state index contributed by atoms with van der Waals surface area (Å²) in [6.07, 6.45) is -5.04. The molecule has 0 saturated heterocycles. The van der Waals surface area contributed by atoms with Gasteiger partial charge < -0.3 is 9.26 Å². The second-order valence-electron chi connectivity index (χ2n) is 6.29. The van der Waals surface area contributed by atoms with Crippen molar-refractivity contribution in [3.8, 4) is 17.1 Å². The Bertz CT molecular complexity index is 998. The molecule has 0 aliphatic heterocycles. The number of alkyl halides is 3. The molecule has 5 nitrogen and oxygen atoms in total. The summed E-state index contributed by atoms with van der Waals surface area (Å²) in [4.78, 5) is 15.7. The van der Waals surface area contributed by atoms with Crippen LogP contribution in [-0.4, -0.2) is 22.1 Å². The molecular weight excluding hydrogens is 392 g/mol. The van der Waals surface area contributed by atoms with Crippen LogP contribution in [0.3, 0.4) is 0 Å². The first-order valence-corrected chi connectivity index (χ1v) is 8.63. The van der Waals surface area contributed by atoms with Crippen LogP contribution < -0.4 is 4.74 Å². The third-order valence-electron chi connectivity index (χ3n) is 4.14. The number of rotatable bonds is 7. The average molecular weight is 408 g/mol. The zero-order valence-electron chi connectivity index (χ0n) is 15.3. The lowest BCUT2D eigenvalue weighted by molar-refractivity contribution is -0.133. The van der Waals surface area contributed by atoms with Crippen molar-refractivity contribution in [1.29, 1.82) is 0 Å². The molecule has 0 atom stereocenters. The Kier molecular flexibility index (Phi) is 5.95. The summed E-state index contributed by atoms with van der Waals surface area (Å²) in [6.45, 7) is 1.71. The maximum Gasteiger partial charge on any atom is 0.389 e. The van der Waals surface area contributed by atoms with Crippen molar-refractivity contribution in [1.82, 2.24) is 10.1 Å². The molecular formula is C20H16F4N2O3. The molecule has 0 aliphatic carbocycles. The Morgan fingerprint density at radius 1 is 1.21 bits per heavy atom. The van der Waals surface area contributed by atoms with Gasteiger partial charge in [-0.1, -0.05) is 17.3 Å². The molecule has 0 radical (unpaired) electrons. The molecule has 3 aromatic rings. The van der Waals surface area contributed by atoms with Gasteiger partial charge in [0.25, 0.3) is 0 Å². The van der Waals surface area contributed by atoms with Crippen molar-refractivity contribution in [3.05, 3.63) is 65.3 Å². The molecule has 0 unspecified atom stereocenters. The highest BCUT2D eigenvalue weighted by Gasteiger charge is 2.28. The number of pyridine rings is 1. The fourth-order valence-electron chi connectivity index (χ4n) is 2.60. The van der Waals surface area contributed by atoms with E-state index in [9.17, 15) is 22.4 Å². The van der Waals surface area contributed by atoms with Crippen LogP contribution in [-0.2, 0) is 6.61 Å². The van der Waals surface area contributed by atoms with E-state index in [1.165, 1.54) is 30.5 Å². The van der Waals surface area contributed by atoms with Gasteiger partial charge in [0.2, 0.25) is 5.88 Å². The van der Waals surface area contributed by atoms with Crippen LogP contribution in [0.4, 0.5) is 17.6 Å². The van der Waals surface area contributed by atoms with Gasteiger partial charge in [0.1, 0.15) is 23.9 Å². The summed E-state index contributed by atoms with van der Waals surface area (Å²) in [5.74, 6) is -0.404. The maximum atomic E-state index is 13.5. The van der Waals surface area contributed by atoms with E-state index >= 15 is 0 Å². The van der Waals surface area contributed by atoms with Gasteiger partial charge in [-0.25, -0.2) is 9.37 Å². The second kappa shape index (κ2) is 8.42. The highest BCUT2D eigenvalue weighted by Crippen LogP contribution is 2.27. The van der Waals surface area contributed by atoms with E-state index in [0.29, 0.717) is 22.6 Å². The molecule has 0 fully saturated rings. The van der Waals surface area contributed by atoms with Crippen molar-refractivity contribution in [3.63, 3.8) is 0 Å². The molecule has 3 rings (SSSR count). The SMILES string of the molecule is Cc1onc(-c2cccc(F)c2)c1COc1ccc(C(=O)CCC(F)(F)F)cn1. The summed E-state index contributed by atoms with van der Waals surface area (Å²) in [7, 11) is 0. The van der Waals surface area contributed by atoms with Crippen LogP contribution in [0, 0.1) is 12.7 Å². The van der Waals surface area contributed by atoms with E-state index in [1.54, 1.807) is 19.1 Å². The molecule has 29 heavy (non-hydrogen) atoms. The third-order valence-corrected chi connectivity index (χ3v) is 4.14. The number of ketones is 1. The Hall–Kier alpha value is -3.23. The van der Waals surface area contributed by atoms with Crippen molar-refractivity contribution in [2.75, 3.05) is 0 Å². The van der Waals surface area contributed by atoms with Crippen LogP contribution in [0.5, 0.6) is 5.88 Å².